The van der Waals surface area contributed by atoms with Gasteiger partial charge in [-0.15, -0.1) is 0 Å². The molecule has 0 atom stereocenters. The highest BCUT2D eigenvalue weighted by atomic mass is 79.9. The predicted octanol–water partition coefficient (Wildman–Crippen LogP) is 2.63. The van der Waals surface area contributed by atoms with Crippen molar-refractivity contribution in [2.45, 2.75) is 6.92 Å². The first-order valence-corrected chi connectivity index (χ1v) is 5.09. The Balaban J connectivity index is 3.68. The van der Waals surface area contributed by atoms with Crippen LogP contribution in [0.15, 0.2) is 8.95 Å². The average molecular weight is 326 g/mol. The maximum atomic E-state index is 10.8. The Hall–Kier alpha value is -0.750. The van der Waals surface area contributed by atoms with Crippen LogP contribution < -0.4 is 0 Å². The number of halogens is 2. The molecule has 1 rings (SSSR count). The van der Waals surface area contributed by atoms with Crippen LogP contribution in [0, 0.1) is 6.92 Å². The topological polar surface area (TPSA) is 77.8 Å². The molecule has 1 aromatic carbocycles. The smallest absolute Gasteiger partial charge is 0.339 e. The molecule has 0 heterocycles. The lowest BCUT2D eigenvalue weighted by atomic mass is 10.1. The van der Waals surface area contributed by atoms with Crippen LogP contribution in [0.1, 0.15) is 15.9 Å². The zero-order chi connectivity index (χ0) is 11.0. The lowest BCUT2D eigenvalue weighted by molar-refractivity contribution is 0.0692. The molecule has 6 heteroatoms. The first-order valence-electron chi connectivity index (χ1n) is 3.50. The molecule has 14 heavy (non-hydrogen) atoms. The van der Waals surface area contributed by atoms with Gasteiger partial charge >= 0.3 is 5.97 Å². The SMILES string of the molecule is Cc1c(Br)c(Br)c(O)c(O)c1C(=O)O. The molecule has 3 N–H and O–H groups in total. The summed E-state index contributed by atoms with van der Waals surface area (Å²) in [7, 11) is 0. The van der Waals surface area contributed by atoms with Gasteiger partial charge < -0.3 is 15.3 Å². The number of hydrogen-bond acceptors (Lipinski definition) is 3. The van der Waals surface area contributed by atoms with Gasteiger partial charge in [0.1, 0.15) is 5.56 Å². The van der Waals surface area contributed by atoms with E-state index >= 15 is 0 Å². The van der Waals surface area contributed by atoms with Crippen LogP contribution in [-0.4, -0.2) is 21.3 Å². The van der Waals surface area contributed by atoms with Crippen molar-refractivity contribution in [3.63, 3.8) is 0 Å². The third kappa shape index (κ3) is 1.59. The molecule has 0 amide bonds. The van der Waals surface area contributed by atoms with Gasteiger partial charge in [-0.25, -0.2) is 4.79 Å². The van der Waals surface area contributed by atoms with Crippen LogP contribution in [0.25, 0.3) is 0 Å². The van der Waals surface area contributed by atoms with E-state index < -0.39 is 17.5 Å². The highest BCUT2D eigenvalue weighted by Crippen LogP contribution is 2.43. The van der Waals surface area contributed by atoms with Gasteiger partial charge in [-0.2, -0.15) is 0 Å². The van der Waals surface area contributed by atoms with Crippen molar-refractivity contribution in [2.75, 3.05) is 0 Å². The summed E-state index contributed by atoms with van der Waals surface area (Å²) >= 11 is 6.12. The van der Waals surface area contributed by atoms with E-state index in [9.17, 15) is 15.0 Å². The first-order chi connectivity index (χ1) is 6.37. The Bertz CT molecular complexity index is 385. The Labute approximate surface area is 96.4 Å². The molecule has 1 aromatic rings. The summed E-state index contributed by atoms with van der Waals surface area (Å²) in [4.78, 5) is 10.8. The molecule has 0 bridgehead atoms. The predicted molar refractivity (Wildman–Crippen MR) is 56.9 cm³/mol. The second-order valence-corrected chi connectivity index (χ2v) is 4.22. The fourth-order valence-electron chi connectivity index (χ4n) is 1.04. The molecule has 76 valence electrons. The number of aromatic hydroxyl groups is 2. The second-order valence-electron chi connectivity index (χ2n) is 2.63. The van der Waals surface area contributed by atoms with Gasteiger partial charge in [0.25, 0.3) is 0 Å². The fraction of sp³-hybridized carbons (Fsp3) is 0.125. The lowest BCUT2D eigenvalue weighted by Gasteiger charge is -2.10. The monoisotopic (exact) mass is 324 g/mol. The van der Waals surface area contributed by atoms with Gasteiger partial charge in [0.05, 0.1) is 4.47 Å². The van der Waals surface area contributed by atoms with Crippen LogP contribution in [0.4, 0.5) is 0 Å². The van der Waals surface area contributed by atoms with Crippen LogP contribution >= 0.6 is 31.9 Å². The van der Waals surface area contributed by atoms with Crippen molar-refractivity contribution in [3.05, 3.63) is 20.1 Å². The molecule has 0 aliphatic carbocycles. The maximum absolute atomic E-state index is 10.8. The summed E-state index contributed by atoms with van der Waals surface area (Å²) in [6, 6.07) is 0. The number of benzene rings is 1. The van der Waals surface area contributed by atoms with Crippen LogP contribution in [-0.2, 0) is 0 Å². The summed E-state index contributed by atoms with van der Waals surface area (Å²) in [5.41, 5.74) is 0.0391. The normalized spacial score (nSPS) is 10.2. The third-order valence-electron chi connectivity index (χ3n) is 1.78. The zero-order valence-corrected chi connectivity index (χ0v) is 10.2. The number of phenolic OH excluding ortho intramolecular Hbond substituents is 1. The molecule has 0 fully saturated rings. The minimum atomic E-state index is -1.29. The van der Waals surface area contributed by atoms with Gasteiger partial charge in [0.2, 0.25) is 0 Å². The minimum Gasteiger partial charge on any atom is -0.504 e. The van der Waals surface area contributed by atoms with Gasteiger partial charge in [-0.3, -0.25) is 0 Å². The number of rotatable bonds is 1. The number of aromatic carboxylic acids is 1. The minimum absolute atomic E-state index is 0.234. The quantitative estimate of drug-likeness (QED) is 0.694. The highest BCUT2D eigenvalue weighted by Gasteiger charge is 2.22. The number of carboxylic acid groups (broad SMARTS) is 1. The van der Waals surface area contributed by atoms with Crippen molar-refractivity contribution in [2.24, 2.45) is 0 Å². The molecule has 0 radical (unpaired) electrons. The van der Waals surface area contributed by atoms with Crippen molar-refractivity contribution in [1.29, 1.82) is 0 Å². The number of carboxylic acids is 1. The van der Waals surface area contributed by atoms with E-state index in [1.165, 1.54) is 6.92 Å². The molecule has 0 unspecified atom stereocenters. The van der Waals surface area contributed by atoms with Crippen molar-refractivity contribution >= 4 is 37.8 Å². The molecule has 0 aliphatic rings. The summed E-state index contributed by atoms with van der Waals surface area (Å²) < 4.78 is 0.641. The Morgan fingerprint density at radius 2 is 1.64 bits per heavy atom. The van der Waals surface area contributed by atoms with Crippen LogP contribution in [0.3, 0.4) is 0 Å². The number of carbonyl (C=O) groups is 1. The summed E-state index contributed by atoms with van der Waals surface area (Å²) in [6.45, 7) is 1.53. The molecule has 0 saturated heterocycles. The van der Waals surface area contributed by atoms with E-state index in [1.54, 1.807) is 0 Å². The standard InChI is InChI=1S/C8H6Br2O4/c1-2-3(8(13)14)6(11)7(12)5(10)4(2)9/h11-12H,1H3,(H,13,14). The summed E-state index contributed by atoms with van der Waals surface area (Å²) in [5.74, 6) is -2.41. The largest absolute Gasteiger partial charge is 0.504 e. The van der Waals surface area contributed by atoms with Crippen LogP contribution in [0.2, 0.25) is 0 Å². The van der Waals surface area contributed by atoms with Crippen molar-refractivity contribution in [1.82, 2.24) is 0 Å². The van der Waals surface area contributed by atoms with Gasteiger partial charge in [-0.05, 0) is 44.3 Å². The summed E-state index contributed by atoms with van der Waals surface area (Å²) in [6.07, 6.45) is 0. The lowest BCUT2D eigenvalue weighted by Crippen LogP contribution is -2.01. The Kier molecular flexibility index (Phi) is 3.06. The van der Waals surface area contributed by atoms with E-state index in [0.29, 0.717) is 10.0 Å². The fourth-order valence-corrected chi connectivity index (χ4v) is 1.91. The Morgan fingerprint density at radius 1 is 1.14 bits per heavy atom. The van der Waals surface area contributed by atoms with Gasteiger partial charge in [-0.1, -0.05) is 0 Å². The second kappa shape index (κ2) is 3.78. The zero-order valence-electron chi connectivity index (χ0n) is 7.01. The van der Waals surface area contributed by atoms with E-state index in [4.69, 9.17) is 5.11 Å². The number of phenols is 2. The summed E-state index contributed by atoms with van der Waals surface area (Å²) in [5, 5.41) is 27.5. The van der Waals surface area contributed by atoms with E-state index in [1.807, 2.05) is 0 Å². The molecule has 0 saturated carbocycles. The molecule has 0 aromatic heterocycles. The third-order valence-corrected chi connectivity index (χ3v) is 4.08. The molecular weight excluding hydrogens is 320 g/mol. The average Bonchev–Trinajstić information content (AvgIpc) is 2.11. The van der Waals surface area contributed by atoms with E-state index in [0.717, 1.165) is 0 Å². The highest BCUT2D eigenvalue weighted by molar-refractivity contribution is 9.13. The van der Waals surface area contributed by atoms with Crippen LogP contribution in [0.5, 0.6) is 11.5 Å². The maximum Gasteiger partial charge on any atom is 0.339 e. The van der Waals surface area contributed by atoms with E-state index in [2.05, 4.69) is 31.9 Å². The first kappa shape index (κ1) is 11.3. The number of hydrogen-bond donors (Lipinski definition) is 3. The molecule has 0 spiro atoms. The molecule has 0 aliphatic heterocycles. The Morgan fingerprint density at radius 3 is 2.07 bits per heavy atom. The van der Waals surface area contributed by atoms with Crippen molar-refractivity contribution in [3.8, 4) is 11.5 Å². The van der Waals surface area contributed by atoms with Crippen molar-refractivity contribution < 1.29 is 20.1 Å². The van der Waals surface area contributed by atoms with Gasteiger partial charge in [0.15, 0.2) is 11.5 Å². The van der Waals surface area contributed by atoms with E-state index in [-0.39, 0.29) is 10.0 Å². The van der Waals surface area contributed by atoms with Gasteiger partial charge in [0, 0.05) is 4.47 Å². The molecular formula is C8H6Br2O4. The molecule has 4 nitrogen and oxygen atoms in total.